The van der Waals surface area contributed by atoms with Crippen LogP contribution in [-0.2, 0) is 10.0 Å². The van der Waals surface area contributed by atoms with E-state index in [2.05, 4.69) is 15.0 Å². The molecule has 1 N–H and O–H groups in total. The van der Waals surface area contributed by atoms with Crippen LogP contribution in [0.4, 0.5) is 0 Å². The Hall–Kier alpha value is -2.76. The van der Waals surface area contributed by atoms with Crippen molar-refractivity contribution in [1.29, 1.82) is 5.26 Å². The molecule has 24 heavy (non-hydrogen) atoms. The normalized spacial score (nSPS) is 15.7. The molecule has 0 unspecified atom stereocenters. The van der Waals surface area contributed by atoms with Crippen LogP contribution in [0, 0.1) is 11.3 Å². The van der Waals surface area contributed by atoms with Crippen LogP contribution in [0.15, 0.2) is 36.8 Å². The van der Waals surface area contributed by atoms with Crippen molar-refractivity contribution in [3.05, 3.63) is 42.5 Å². The van der Waals surface area contributed by atoms with Crippen LogP contribution < -0.4 is 0 Å². The lowest BCUT2D eigenvalue weighted by Gasteiger charge is -2.14. The van der Waals surface area contributed by atoms with Gasteiger partial charge in [-0.25, -0.2) is 13.4 Å². The van der Waals surface area contributed by atoms with Gasteiger partial charge < -0.3 is 4.98 Å². The van der Waals surface area contributed by atoms with Gasteiger partial charge in [-0.1, -0.05) is 6.08 Å². The van der Waals surface area contributed by atoms with Crippen molar-refractivity contribution in [3.8, 4) is 6.07 Å². The quantitative estimate of drug-likeness (QED) is 0.782. The van der Waals surface area contributed by atoms with E-state index in [0.29, 0.717) is 0 Å². The van der Waals surface area contributed by atoms with Crippen LogP contribution in [-0.4, -0.2) is 46.5 Å². The number of hydrogen-bond acceptors (Lipinski definition) is 5. The molecule has 0 aromatic carbocycles. The molecule has 0 radical (unpaired) electrons. The molecule has 1 aliphatic rings. The molecule has 8 heteroatoms. The van der Waals surface area contributed by atoms with E-state index in [-0.39, 0.29) is 13.1 Å². The molecule has 0 bridgehead atoms. The van der Waals surface area contributed by atoms with Crippen LogP contribution in [0.3, 0.4) is 0 Å². The van der Waals surface area contributed by atoms with Crippen LogP contribution >= 0.6 is 0 Å². The minimum absolute atomic E-state index is 0.227. The highest BCUT2D eigenvalue weighted by atomic mass is 32.2. The summed E-state index contributed by atoms with van der Waals surface area (Å²) in [6, 6.07) is 5.54. The number of nitrogens with zero attached hydrogens (tertiary/aromatic N) is 4. The van der Waals surface area contributed by atoms with Gasteiger partial charge in [-0.15, -0.1) is 0 Å². The van der Waals surface area contributed by atoms with Gasteiger partial charge >= 0.3 is 0 Å². The Bertz CT molecular complexity index is 1120. The first-order chi connectivity index (χ1) is 11.6. The molecule has 0 aliphatic carbocycles. The molecule has 4 heterocycles. The molecule has 120 valence electrons. The van der Waals surface area contributed by atoms with Gasteiger partial charge in [-0.3, -0.25) is 4.98 Å². The highest BCUT2D eigenvalue weighted by Crippen LogP contribution is 2.31. The molecule has 0 atom stereocenters. The van der Waals surface area contributed by atoms with Crippen LogP contribution in [0.25, 0.3) is 27.4 Å². The second-order valence-corrected chi connectivity index (χ2v) is 7.53. The summed E-state index contributed by atoms with van der Waals surface area (Å²) in [5, 5.41) is 11.5. The first-order valence-corrected chi connectivity index (χ1v) is 8.96. The monoisotopic (exact) mass is 339 g/mol. The van der Waals surface area contributed by atoms with Crippen molar-refractivity contribution in [2.24, 2.45) is 0 Å². The van der Waals surface area contributed by atoms with Crippen molar-refractivity contribution in [3.63, 3.8) is 0 Å². The fourth-order valence-corrected chi connectivity index (χ4v) is 3.98. The van der Waals surface area contributed by atoms with Crippen LogP contribution in [0.5, 0.6) is 0 Å². The number of nitrogens with one attached hydrogen (secondary N) is 1. The molecule has 0 saturated heterocycles. The smallest absolute Gasteiger partial charge is 0.228 e. The summed E-state index contributed by atoms with van der Waals surface area (Å²) in [5.74, 6) is -0.511. The first-order valence-electron chi connectivity index (χ1n) is 7.35. The zero-order chi connectivity index (χ0) is 16.7. The number of rotatable bonds is 3. The number of H-pyrrole nitrogens is 1. The van der Waals surface area contributed by atoms with Gasteiger partial charge in [-0.05, 0) is 17.7 Å². The number of pyridine rings is 2. The Morgan fingerprint density at radius 1 is 1.33 bits per heavy atom. The lowest BCUT2D eigenvalue weighted by molar-refractivity contribution is 0.493. The predicted molar refractivity (Wildman–Crippen MR) is 90.3 cm³/mol. The lowest BCUT2D eigenvalue weighted by atomic mass is 10.0. The molecule has 0 spiro atoms. The summed E-state index contributed by atoms with van der Waals surface area (Å²) >= 11 is 0. The second-order valence-electron chi connectivity index (χ2n) is 5.56. The summed E-state index contributed by atoms with van der Waals surface area (Å²) in [6.07, 6.45) is 7.15. The van der Waals surface area contributed by atoms with Crippen molar-refractivity contribution in [2.45, 2.75) is 0 Å². The minimum Gasteiger partial charge on any atom is -0.346 e. The molecule has 4 rings (SSSR count). The molecule has 0 saturated carbocycles. The molecule has 3 aromatic heterocycles. The summed E-state index contributed by atoms with van der Waals surface area (Å²) in [6.45, 7) is 0.489. The van der Waals surface area contributed by atoms with Gasteiger partial charge in [0.2, 0.25) is 10.0 Å². The summed E-state index contributed by atoms with van der Waals surface area (Å²) in [5.41, 5.74) is 2.37. The first kappa shape index (κ1) is 14.8. The highest BCUT2D eigenvalue weighted by molar-refractivity contribution is 7.89. The molecule has 0 fully saturated rings. The molecule has 0 amide bonds. The van der Waals surface area contributed by atoms with Gasteiger partial charge in [0.15, 0.2) is 5.75 Å². The zero-order valence-electron chi connectivity index (χ0n) is 12.6. The SMILES string of the molecule is N#CCS(=O)(=O)N1CC=C(c2nccc3cnc4[nH]ccc4c23)C1. The fourth-order valence-electron chi connectivity index (χ4n) is 3.00. The Morgan fingerprint density at radius 2 is 2.21 bits per heavy atom. The third kappa shape index (κ3) is 2.26. The second kappa shape index (κ2) is 5.40. The highest BCUT2D eigenvalue weighted by Gasteiger charge is 2.28. The van der Waals surface area contributed by atoms with Gasteiger partial charge in [0.25, 0.3) is 0 Å². The van der Waals surface area contributed by atoms with E-state index in [4.69, 9.17) is 5.26 Å². The van der Waals surface area contributed by atoms with Crippen molar-refractivity contribution < 1.29 is 8.42 Å². The van der Waals surface area contributed by atoms with E-state index >= 15 is 0 Å². The van der Waals surface area contributed by atoms with E-state index in [1.54, 1.807) is 18.5 Å². The average molecular weight is 339 g/mol. The van der Waals surface area contributed by atoms with Gasteiger partial charge in [-0.2, -0.15) is 9.57 Å². The zero-order valence-corrected chi connectivity index (χ0v) is 13.4. The largest absolute Gasteiger partial charge is 0.346 e. The third-order valence-corrected chi connectivity index (χ3v) is 5.70. The number of aromatic amines is 1. The minimum atomic E-state index is -3.56. The van der Waals surface area contributed by atoms with Gasteiger partial charge in [0.1, 0.15) is 5.65 Å². The van der Waals surface area contributed by atoms with E-state index in [0.717, 1.165) is 33.1 Å². The standard InChI is InChI=1S/C16H13N5O2S/c17-4-8-24(22,23)21-7-3-12(10-21)15-14-11(1-5-18-15)9-20-16-13(14)2-6-19-16/h1-3,5-6,9H,7-8,10H2,(H,19,20). The van der Waals surface area contributed by atoms with E-state index in [1.165, 1.54) is 4.31 Å². The number of sulfonamides is 1. The van der Waals surface area contributed by atoms with E-state index < -0.39 is 15.8 Å². The Labute approximate surface area is 138 Å². The molecule has 3 aromatic rings. The maximum Gasteiger partial charge on any atom is 0.228 e. The van der Waals surface area contributed by atoms with E-state index in [9.17, 15) is 8.42 Å². The molecular formula is C16H13N5O2S. The van der Waals surface area contributed by atoms with Crippen molar-refractivity contribution >= 4 is 37.4 Å². The fraction of sp³-hybridized carbons (Fsp3) is 0.188. The summed E-state index contributed by atoms with van der Waals surface area (Å²) in [4.78, 5) is 11.9. The van der Waals surface area contributed by atoms with Gasteiger partial charge in [0.05, 0.1) is 11.8 Å². The molecule has 1 aliphatic heterocycles. The Morgan fingerprint density at radius 3 is 3.04 bits per heavy atom. The van der Waals surface area contributed by atoms with Crippen LogP contribution in [0.2, 0.25) is 0 Å². The van der Waals surface area contributed by atoms with E-state index in [1.807, 2.05) is 24.4 Å². The number of nitriles is 1. The van der Waals surface area contributed by atoms with Crippen LogP contribution in [0.1, 0.15) is 5.69 Å². The predicted octanol–water partition coefficient (Wildman–Crippen LogP) is 1.66. The average Bonchev–Trinajstić information content (AvgIpc) is 3.23. The van der Waals surface area contributed by atoms with Crippen molar-refractivity contribution in [2.75, 3.05) is 18.8 Å². The maximum atomic E-state index is 12.1. The molecular weight excluding hydrogens is 326 g/mol. The Balaban J connectivity index is 1.81. The maximum absolute atomic E-state index is 12.1. The number of fused-ring (bicyclic) bond motifs is 3. The van der Waals surface area contributed by atoms with Crippen molar-refractivity contribution in [1.82, 2.24) is 19.3 Å². The third-order valence-electron chi connectivity index (χ3n) is 4.14. The van der Waals surface area contributed by atoms with Gasteiger partial charge in [0, 0.05) is 47.8 Å². The summed E-state index contributed by atoms with van der Waals surface area (Å²) < 4.78 is 25.5. The number of hydrogen-bond donors (Lipinski definition) is 1. The molecule has 7 nitrogen and oxygen atoms in total. The summed E-state index contributed by atoms with van der Waals surface area (Å²) in [7, 11) is -3.56. The Kier molecular flexibility index (Phi) is 3.33. The lowest BCUT2D eigenvalue weighted by Crippen LogP contribution is -2.30. The topological polar surface area (TPSA) is 103 Å². The number of aromatic nitrogens is 3.